The molecule has 2 heterocycles. The van der Waals surface area contributed by atoms with E-state index in [4.69, 9.17) is 12.6 Å². The SMILES string of the molecule is [B][C@@H]1O[C@]2(CC)CSC1[C@@H]2C. The van der Waals surface area contributed by atoms with E-state index in [1.54, 1.807) is 0 Å². The van der Waals surface area contributed by atoms with Gasteiger partial charge in [-0.1, -0.05) is 13.8 Å². The van der Waals surface area contributed by atoms with Gasteiger partial charge in [-0.05, 0) is 12.3 Å². The maximum atomic E-state index is 5.83. The summed E-state index contributed by atoms with van der Waals surface area (Å²) < 4.78 is 5.77. The molecule has 0 N–H and O–H groups in total. The topological polar surface area (TPSA) is 9.23 Å². The molecule has 2 saturated heterocycles. The van der Waals surface area contributed by atoms with Gasteiger partial charge in [-0.15, -0.1) is 0 Å². The number of hydrogen-bond donors (Lipinski definition) is 0. The molecule has 0 aromatic carbocycles. The summed E-state index contributed by atoms with van der Waals surface area (Å²) in [5.74, 6) is 1.79. The number of fused-ring (bicyclic) bond motifs is 2. The third-order valence-corrected chi connectivity index (χ3v) is 4.85. The number of hydrogen-bond acceptors (Lipinski definition) is 2. The van der Waals surface area contributed by atoms with Gasteiger partial charge >= 0.3 is 0 Å². The summed E-state index contributed by atoms with van der Waals surface area (Å²) >= 11 is 1.98. The van der Waals surface area contributed by atoms with Gasteiger partial charge in [0.15, 0.2) is 0 Å². The van der Waals surface area contributed by atoms with Crippen molar-refractivity contribution in [3.63, 3.8) is 0 Å². The minimum absolute atomic E-state index is 0.0105. The van der Waals surface area contributed by atoms with Crippen LogP contribution in [0, 0.1) is 5.92 Å². The van der Waals surface area contributed by atoms with Crippen LogP contribution in [0.3, 0.4) is 0 Å². The quantitative estimate of drug-likeness (QED) is 0.547. The minimum Gasteiger partial charge on any atom is -0.379 e. The molecule has 1 nitrogen and oxygen atoms in total. The molecule has 2 rings (SSSR count). The van der Waals surface area contributed by atoms with Gasteiger partial charge in [-0.3, -0.25) is 0 Å². The molecule has 3 heteroatoms. The summed E-state index contributed by atoms with van der Waals surface area (Å²) in [6, 6.07) is -0.0105. The monoisotopic (exact) mass is 168 g/mol. The van der Waals surface area contributed by atoms with Crippen LogP contribution in [-0.4, -0.2) is 30.5 Å². The average Bonchev–Trinajstić information content (AvgIpc) is 2.42. The Morgan fingerprint density at radius 3 is 2.73 bits per heavy atom. The third-order valence-electron chi connectivity index (χ3n) is 3.14. The Labute approximate surface area is 73.7 Å². The molecule has 11 heavy (non-hydrogen) atoms. The highest BCUT2D eigenvalue weighted by molar-refractivity contribution is 8.00. The van der Waals surface area contributed by atoms with E-state index < -0.39 is 0 Å². The standard InChI is InChI=1S/C8H13BOS/c1-3-8-4-11-6(5(8)2)7(9)10-8/h5-7H,3-4H2,1-2H3/t5-,6?,7+,8+/m0/s1. The van der Waals surface area contributed by atoms with Crippen LogP contribution < -0.4 is 0 Å². The normalized spacial score (nSPS) is 55.3. The molecule has 1 unspecified atom stereocenters. The number of ether oxygens (including phenoxy) is 1. The molecule has 2 radical (unpaired) electrons. The van der Waals surface area contributed by atoms with Gasteiger partial charge in [0.2, 0.25) is 0 Å². The van der Waals surface area contributed by atoms with Crippen LogP contribution in [0.4, 0.5) is 0 Å². The Balaban J connectivity index is 2.24. The molecule has 0 aromatic rings. The van der Waals surface area contributed by atoms with Crippen LogP contribution in [0.5, 0.6) is 0 Å². The van der Waals surface area contributed by atoms with Crippen LogP contribution in [0.2, 0.25) is 0 Å². The zero-order chi connectivity index (χ0) is 8.06. The Morgan fingerprint density at radius 1 is 1.73 bits per heavy atom. The molecule has 2 bridgehead atoms. The molecule has 0 aromatic heterocycles. The number of rotatable bonds is 1. The molecule has 2 aliphatic rings. The van der Waals surface area contributed by atoms with Crippen LogP contribution in [0.15, 0.2) is 0 Å². The van der Waals surface area contributed by atoms with Gasteiger partial charge in [-0.25, -0.2) is 0 Å². The molecule has 4 atom stereocenters. The fourth-order valence-electron chi connectivity index (χ4n) is 2.18. The first kappa shape index (κ1) is 8.00. The average molecular weight is 168 g/mol. The smallest absolute Gasteiger partial charge is 0.110 e. The maximum Gasteiger partial charge on any atom is 0.110 e. The van der Waals surface area contributed by atoms with E-state index in [0.29, 0.717) is 11.2 Å². The summed E-state index contributed by atoms with van der Waals surface area (Å²) in [5.41, 5.74) is 0.120. The fraction of sp³-hybridized carbons (Fsp3) is 1.00. The third kappa shape index (κ3) is 0.904. The lowest BCUT2D eigenvalue weighted by molar-refractivity contribution is -0.0154. The highest BCUT2D eigenvalue weighted by Gasteiger charge is 2.55. The highest BCUT2D eigenvalue weighted by Crippen LogP contribution is 2.52. The molecular formula is C8H13BOS. The van der Waals surface area contributed by atoms with Crippen LogP contribution in [-0.2, 0) is 4.74 Å². The largest absolute Gasteiger partial charge is 0.379 e. The highest BCUT2D eigenvalue weighted by atomic mass is 32.2. The van der Waals surface area contributed by atoms with Gasteiger partial charge in [0.05, 0.1) is 5.60 Å². The lowest BCUT2D eigenvalue weighted by Gasteiger charge is -2.29. The van der Waals surface area contributed by atoms with Crippen molar-refractivity contribution < 1.29 is 4.74 Å². The summed E-state index contributed by atoms with van der Waals surface area (Å²) in [7, 11) is 5.83. The first-order valence-corrected chi connectivity index (χ1v) is 5.29. The maximum absolute atomic E-state index is 5.83. The zero-order valence-electron chi connectivity index (χ0n) is 7.04. The van der Waals surface area contributed by atoms with E-state index >= 15 is 0 Å². The number of thioether (sulfide) groups is 1. The predicted octanol–water partition coefficient (Wildman–Crippen LogP) is 1.41. The first-order valence-electron chi connectivity index (χ1n) is 4.24. The molecule has 0 amide bonds. The summed E-state index contributed by atoms with van der Waals surface area (Å²) in [6.45, 7) is 4.46. The van der Waals surface area contributed by atoms with Crippen molar-refractivity contribution in [3.8, 4) is 0 Å². The van der Waals surface area contributed by atoms with Gasteiger partial charge < -0.3 is 4.74 Å². The summed E-state index contributed by atoms with van der Waals surface area (Å²) in [5, 5.41) is 0.551. The van der Waals surface area contributed by atoms with Gasteiger partial charge in [0.25, 0.3) is 0 Å². The van der Waals surface area contributed by atoms with Gasteiger partial charge in [0, 0.05) is 17.0 Å². The van der Waals surface area contributed by atoms with Crippen LogP contribution in [0.1, 0.15) is 20.3 Å². The molecule has 0 saturated carbocycles. The van der Waals surface area contributed by atoms with E-state index in [9.17, 15) is 0 Å². The lowest BCUT2D eigenvalue weighted by atomic mass is 9.85. The van der Waals surface area contributed by atoms with Crippen LogP contribution >= 0.6 is 11.8 Å². The molecule has 0 aliphatic carbocycles. The second-order valence-corrected chi connectivity index (χ2v) is 4.73. The molecule has 2 aliphatic heterocycles. The van der Waals surface area contributed by atoms with Crippen molar-refractivity contribution in [2.75, 3.05) is 5.75 Å². The van der Waals surface area contributed by atoms with Gasteiger partial charge in [-0.2, -0.15) is 11.8 Å². The van der Waals surface area contributed by atoms with Crippen molar-refractivity contribution in [2.24, 2.45) is 5.92 Å². The van der Waals surface area contributed by atoms with E-state index in [2.05, 4.69) is 13.8 Å². The lowest BCUT2D eigenvalue weighted by Crippen LogP contribution is -2.35. The van der Waals surface area contributed by atoms with E-state index in [0.717, 1.165) is 12.2 Å². The zero-order valence-corrected chi connectivity index (χ0v) is 7.86. The summed E-state index contributed by atoms with van der Waals surface area (Å²) in [6.07, 6.45) is 1.10. The van der Waals surface area contributed by atoms with Crippen LogP contribution in [0.25, 0.3) is 0 Å². The Hall–Kier alpha value is 0.375. The van der Waals surface area contributed by atoms with E-state index in [-0.39, 0.29) is 11.6 Å². The van der Waals surface area contributed by atoms with E-state index in [1.165, 1.54) is 0 Å². The summed E-state index contributed by atoms with van der Waals surface area (Å²) in [4.78, 5) is 0. The van der Waals surface area contributed by atoms with E-state index in [1.807, 2.05) is 11.8 Å². The fourth-order valence-corrected chi connectivity index (χ4v) is 3.97. The molecule has 0 spiro atoms. The molecule has 2 fully saturated rings. The van der Waals surface area contributed by atoms with Crippen molar-refractivity contribution in [3.05, 3.63) is 0 Å². The van der Waals surface area contributed by atoms with Gasteiger partial charge in [0.1, 0.15) is 7.85 Å². The van der Waals surface area contributed by atoms with Crippen molar-refractivity contribution >= 4 is 19.6 Å². The second-order valence-electron chi connectivity index (χ2n) is 3.57. The Kier molecular flexibility index (Phi) is 1.77. The second kappa shape index (κ2) is 2.43. The predicted molar refractivity (Wildman–Crippen MR) is 49.1 cm³/mol. The van der Waals surface area contributed by atoms with Crippen molar-refractivity contribution in [1.82, 2.24) is 0 Å². The minimum atomic E-state index is -0.0105. The first-order chi connectivity index (χ1) is 5.19. The Morgan fingerprint density at radius 2 is 2.45 bits per heavy atom. The Bertz CT molecular complexity index is 175. The molecular weight excluding hydrogens is 155 g/mol. The molecule has 60 valence electrons. The van der Waals surface area contributed by atoms with Crippen molar-refractivity contribution in [1.29, 1.82) is 0 Å². The van der Waals surface area contributed by atoms with Crippen molar-refractivity contribution in [2.45, 2.75) is 37.1 Å².